The van der Waals surface area contributed by atoms with Crippen molar-refractivity contribution in [2.45, 2.75) is 83.5 Å². The second-order valence-corrected chi connectivity index (χ2v) is 12.1. The van der Waals surface area contributed by atoms with Crippen LogP contribution in [0, 0.1) is 0 Å². The number of ether oxygens (including phenoxy) is 1. The van der Waals surface area contributed by atoms with Crippen molar-refractivity contribution >= 4 is 16.6 Å². The van der Waals surface area contributed by atoms with Crippen LogP contribution in [0.1, 0.15) is 60.8 Å². The Hall–Kier alpha value is -2.90. The lowest BCUT2D eigenvalue weighted by atomic mass is 9.79. The molecule has 2 heterocycles. The fraction of sp³-hybridized carbons (Fsp3) is 0.517. The van der Waals surface area contributed by atoms with Gasteiger partial charge in [0.2, 0.25) is 0 Å². The molecular formula is C29H40N4O3. The Morgan fingerprint density at radius 1 is 1.00 bits per heavy atom. The van der Waals surface area contributed by atoms with Crippen LogP contribution < -0.4 is 15.0 Å². The number of hydrogen-bond acceptors (Lipinski definition) is 7. The Bertz CT molecular complexity index is 1210. The van der Waals surface area contributed by atoms with Crippen LogP contribution in [0.2, 0.25) is 0 Å². The molecule has 3 aromatic rings. The monoisotopic (exact) mass is 492 g/mol. The van der Waals surface area contributed by atoms with Gasteiger partial charge in [0, 0.05) is 42.8 Å². The number of phenols is 1. The summed E-state index contributed by atoms with van der Waals surface area (Å²) in [6.45, 7) is 12.9. The Balaban J connectivity index is 1.56. The zero-order chi connectivity index (χ0) is 26.3. The van der Waals surface area contributed by atoms with Gasteiger partial charge < -0.3 is 25.2 Å². The molecule has 3 N–H and O–H groups in total. The molecule has 1 saturated heterocycles. The number of aliphatic hydroxyl groups excluding tert-OH is 1. The first-order chi connectivity index (χ1) is 16.8. The van der Waals surface area contributed by atoms with Gasteiger partial charge in [0.15, 0.2) is 5.82 Å². The van der Waals surface area contributed by atoms with Crippen molar-refractivity contribution in [3.63, 3.8) is 0 Å². The molecule has 1 aromatic heterocycles. The number of nitrogens with one attached hydrogen (secondary N) is 1. The topological polar surface area (TPSA) is 90.7 Å². The molecule has 7 nitrogen and oxygen atoms in total. The summed E-state index contributed by atoms with van der Waals surface area (Å²) in [7, 11) is 2.08. The first kappa shape index (κ1) is 26.2. The quantitative estimate of drug-likeness (QED) is 0.413. The van der Waals surface area contributed by atoms with E-state index in [-0.39, 0.29) is 23.4 Å². The largest absolute Gasteiger partial charge is 0.507 e. The normalized spacial score (nSPS) is 17.8. The van der Waals surface area contributed by atoms with E-state index in [9.17, 15) is 10.2 Å². The van der Waals surface area contributed by atoms with Gasteiger partial charge in [0.1, 0.15) is 17.1 Å². The number of aliphatic hydroxyl groups is 1. The number of fused-ring (bicyclic) bond motifs is 1. The molecule has 0 saturated carbocycles. The molecule has 1 aliphatic heterocycles. The zero-order valence-corrected chi connectivity index (χ0v) is 22.6. The number of aromatic nitrogens is 2. The van der Waals surface area contributed by atoms with E-state index in [2.05, 4.69) is 55.2 Å². The molecule has 0 atom stereocenters. The lowest BCUT2D eigenvalue weighted by Crippen LogP contribution is -2.62. The van der Waals surface area contributed by atoms with Crippen LogP contribution in [0.5, 0.6) is 11.5 Å². The zero-order valence-electron chi connectivity index (χ0n) is 22.6. The Morgan fingerprint density at radius 2 is 1.69 bits per heavy atom. The van der Waals surface area contributed by atoms with E-state index in [0.717, 1.165) is 29.4 Å². The van der Waals surface area contributed by atoms with Crippen LogP contribution in [0.15, 0.2) is 42.5 Å². The number of piperidine rings is 1. The average Bonchev–Trinajstić information content (AvgIpc) is 2.76. The Labute approximate surface area is 214 Å². The highest BCUT2D eigenvalue weighted by Gasteiger charge is 2.39. The van der Waals surface area contributed by atoms with Crippen molar-refractivity contribution in [1.29, 1.82) is 0 Å². The van der Waals surface area contributed by atoms with Crippen LogP contribution in [0.4, 0.5) is 5.82 Å². The predicted octanol–water partition coefficient (Wildman–Crippen LogP) is 5.29. The van der Waals surface area contributed by atoms with Crippen molar-refractivity contribution in [2.24, 2.45) is 0 Å². The fourth-order valence-corrected chi connectivity index (χ4v) is 5.56. The molecule has 1 aliphatic rings. The van der Waals surface area contributed by atoms with E-state index in [1.165, 1.54) is 0 Å². The van der Waals surface area contributed by atoms with Crippen molar-refractivity contribution in [3.8, 4) is 22.8 Å². The van der Waals surface area contributed by atoms with E-state index in [4.69, 9.17) is 4.74 Å². The van der Waals surface area contributed by atoms with Gasteiger partial charge in [-0.25, -0.2) is 0 Å². The van der Waals surface area contributed by atoms with Crippen LogP contribution >= 0.6 is 0 Å². The van der Waals surface area contributed by atoms with E-state index in [0.29, 0.717) is 29.5 Å². The number of anilines is 1. The minimum absolute atomic E-state index is 0.0461. The molecule has 0 unspecified atom stereocenters. The highest BCUT2D eigenvalue weighted by Crippen LogP contribution is 2.36. The van der Waals surface area contributed by atoms with Crippen LogP contribution in [0.3, 0.4) is 0 Å². The van der Waals surface area contributed by atoms with Crippen molar-refractivity contribution in [1.82, 2.24) is 15.5 Å². The highest BCUT2D eigenvalue weighted by molar-refractivity contribution is 5.90. The molecule has 7 heteroatoms. The second kappa shape index (κ2) is 9.52. The third-order valence-corrected chi connectivity index (χ3v) is 7.04. The van der Waals surface area contributed by atoms with Gasteiger partial charge in [-0.3, -0.25) is 0 Å². The highest BCUT2D eigenvalue weighted by atomic mass is 16.5. The predicted molar refractivity (Wildman–Crippen MR) is 146 cm³/mol. The third-order valence-electron chi connectivity index (χ3n) is 7.04. The number of rotatable bonds is 7. The minimum atomic E-state index is -0.478. The summed E-state index contributed by atoms with van der Waals surface area (Å²) in [4.78, 5) is 2.22. The summed E-state index contributed by atoms with van der Waals surface area (Å²) in [5, 5.41) is 34.6. The summed E-state index contributed by atoms with van der Waals surface area (Å²) in [5.74, 6) is 1.67. The molecule has 0 amide bonds. The standard InChI is InChI=1S/C29H40N4O3/c1-27(2)17-21(18-28(3,4)32-27)33(7)26-11-10-24(30-31-26)23-15-19-8-9-22(14-20(19)16-25(23)35)36-29(5,6)12-13-34/h8-11,14-16,21,32,34-35H,12-13,17-18H2,1-7H3. The van der Waals surface area contributed by atoms with Gasteiger partial charge in [-0.1, -0.05) is 6.07 Å². The van der Waals surface area contributed by atoms with Crippen LogP contribution in [-0.2, 0) is 0 Å². The molecule has 36 heavy (non-hydrogen) atoms. The van der Waals surface area contributed by atoms with Gasteiger partial charge in [0.05, 0.1) is 5.69 Å². The molecule has 0 bridgehead atoms. The first-order valence-electron chi connectivity index (χ1n) is 12.7. The number of phenolic OH excluding ortho intramolecular Hbond substituents is 1. The summed E-state index contributed by atoms with van der Waals surface area (Å²) >= 11 is 0. The fourth-order valence-electron chi connectivity index (χ4n) is 5.56. The second-order valence-electron chi connectivity index (χ2n) is 12.1. The van der Waals surface area contributed by atoms with E-state index in [1.807, 2.05) is 50.2 Å². The maximum Gasteiger partial charge on any atom is 0.151 e. The average molecular weight is 493 g/mol. The molecule has 4 rings (SSSR count). The summed E-state index contributed by atoms with van der Waals surface area (Å²) in [6, 6.07) is 13.7. The van der Waals surface area contributed by atoms with E-state index < -0.39 is 5.60 Å². The summed E-state index contributed by atoms with van der Waals surface area (Å²) < 4.78 is 6.04. The molecule has 0 radical (unpaired) electrons. The summed E-state index contributed by atoms with van der Waals surface area (Å²) in [5.41, 5.74) is 0.883. The summed E-state index contributed by atoms with van der Waals surface area (Å²) in [6.07, 6.45) is 2.57. The first-order valence-corrected chi connectivity index (χ1v) is 12.7. The number of benzene rings is 2. The minimum Gasteiger partial charge on any atom is -0.507 e. The number of hydrogen-bond donors (Lipinski definition) is 3. The smallest absolute Gasteiger partial charge is 0.151 e. The van der Waals surface area contributed by atoms with Crippen LogP contribution in [0.25, 0.3) is 22.0 Å². The molecule has 194 valence electrons. The van der Waals surface area contributed by atoms with Gasteiger partial charge in [-0.15, -0.1) is 10.2 Å². The lowest BCUT2D eigenvalue weighted by Gasteiger charge is -2.49. The molecule has 2 aromatic carbocycles. The van der Waals surface area contributed by atoms with E-state index >= 15 is 0 Å². The maximum absolute atomic E-state index is 10.8. The van der Waals surface area contributed by atoms with Gasteiger partial charge in [-0.05, 0) is 102 Å². The molecule has 0 spiro atoms. The lowest BCUT2D eigenvalue weighted by molar-refractivity contribution is 0.0766. The molecule has 1 fully saturated rings. The SMILES string of the molecule is CN(c1ccc(-c2cc3ccc(OC(C)(C)CCO)cc3cc2O)nn1)C1CC(C)(C)NC(C)(C)C1. The van der Waals surface area contributed by atoms with Crippen molar-refractivity contribution < 1.29 is 14.9 Å². The third kappa shape index (κ3) is 5.90. The van der Waals surface area contributed by atoms with Crippen molar-refractivity contribution in [2.75, 3.05) is 18.6 Å². The van der Waals surface area contributed by atoms with Crippen LogP contribution in [-0.4, -0.2) is 56.8 Å². The van der Waals surface area contributed by atoms with Gasteiger partial charge in [-0.2, -0.15) is 0 Å². The van der Waals surface area contributed by atoms with Gasteiger partial charge >= 0.3 is 0 Å². The maximum atomic E-state index is 10.8. The number of nitrogens with zero attached hydrogens (tertiary/aromatic N) is 3. The molecule has 0 aliphatic carbocycles. The van der Waals surface area contributed by atoms with Gasteiger partial charge in [0.25, 0.3) is 0 Å². The molecular weight excluding hydrogens is 452 g/mol. The Morgan fingerprint density at radius 3 is 2.31 bits per heavy atom. The Kier molecular flexibility index (Phi) is 6.92. The number of aromatic hydroxyl groups is 1. The van der Waals surface area contributed by atoms with Crippen molar-refractivity contribution in [3.05, 3.63) is 42.5 Å². The van der Waals surface area contributed by atoms with E-state index in [1.54, 1.807) is 6.07 Å².